The fraction of sp³-hybridized carbons (Fsp3) is 0.250. The van der Waals surface area contributed by atoms with Crippen molar-refractivity contribution in [1.29, 1.82) is 0 Å². The third-order valence-electron chi connectivity index (χ3n) is 4.59. The third-order valence-corrected chi connectivity index (χ3v) is 5.94. The van der Waals surface area contributed by atoms with Gasteiger partial charge in [-0.15, -0.1) is 11.8 Å². The number of nitrogens with zero attached hydrogens (tertiary/aromatic N) is 4. The summed E-state index contributed by atoms with van der Waals surface area (Å²) in [7, 11) is 1.61. The topological polar surface area (TPSA) is 52.8 Å². The van der Waals surface area contributed by atoms with Gasteiger partial charge in [0.05, 0.1) is 25.2 Å². The average Bonchev–Trinajstić information content (AvgIpc) is 3.40. The monoisotopic (exact) mass is 362 g/mol. The van der Waals surface area contributed by atoms with Crippen molar-refractivity contribution in [3.8, 4) is 5.88 Å². The van der Waals surface area contributed by atoms with Crippen molar-refractivity contribution in [2.75, 3.05) is 7.11 Å². The van der Waals surface area contributed by atoms with E-state index in [1.807, 2.05) is 30.2 Å². The van der Waals surface area contributed by atoms with Gasteiger partial charge in [0.25, 0.3) is 0 Å². The number of fused-ring (bicyclic) bond motifs is 3. The molecule has 5 nitrogen and oxygen atoms in total. The van der Waals surface area contributed by atoms with Gasteiger partial charge in [-0.3, -0.25) is 0 Å². The van der Waals surface area contributed by atoms with Crippen LogP contribution in [0.2, 0.25) is 0 Å². The molecular formula is C20H18N4OS. The Morgan fingerprint density at radius 3 is 2.73 bits per heavy atom. The summed E-state index contributed by atoms with van der Waals surface area (Å²) in [6.45, 7) is 0.774. The first-order valence-corrected chi connectivity index (χ1v) is 9.58. The van der Waals surface area contributed by atoms with E-state index in [4.69, 9.17) is 4.74 Å². The number of aromatic nitrogens is 4. The molecule has 3 aromatic heterocycles. The lowest BCUT2D eigenvalue weighted by Gasteiger charge is -2.08. The molecule has 5 rings (SSSR count). The molecule has 1 saturated carbocycles. The molecule has 0 bridgehead atoms. The normalized spacial score (nSPS) is 14.2. The molecule has 130 valence electrons. The smallest absolute Gasteiger partial charge is 0.215 e. The highest BCUT2D eigenvalue weighted by molar-refractivity contribution is 8.00. The molecule has 4 aromatic rings. The van der Waals surface area contributed by atoms with E-state index >= 15 is 0 Å². The molecule has 0 aliphatic heterocycles. The minimum Gasteiger partial charge on any atom is -0.481 e. The zero-order valence-electron chi connectivity index (χ0n) is 14.4. The number of rotatable bonds is 5. The van der Waals surface area contributed by atoms with Crippen LogP contribution in [0.3, 0.4) is 0 Å². The number of hydrogen-bond acceptors (Lipinski definition) is 5. The molecule has 0 radical (unpaired) electrons. The van der Waals surface area contributed by atoms with E-state index in [0.29, 0.717) is 11.5 Å². The van der Waals surface area contributed by atoms with Crippen molar-refractivity contribution in [1.82, 2.24) is 19.5 Å². The predicted octanol–water partition coefficient (Wildman–Crippen LogP) is 4.29. The maximum Gasteiger partial charge on any atom is 0.215 e. The summed E-state index contributed by atoms with van der Waals surface area (Å²) >= 11 is 1.99. The third kappa shape index (κ3) is 2.90. The van der Waals surface area contributed by atoms with Crippen molar-refractivity contribution >= 4 is 33.8 Å². The van der Waals surface area contributed by atoms with E-state index in [-0.39, 0.29) is 0 Å². The Morgan fingerprint density at radius 1 is 1.12 bits per heavy atom. The van der Waals surface area contributed by atoms with Crippen LogP contribution in [0.15, 0.2) is 53.8 Å². The second kappa shape index (κ2) is 6.29. The first-order valence-electron chi connectivity index (χ1n) is 8.70. The van der Waals surface area contributed by atoms with E-state index in [1.165, 1.54) is 23.3 Å². The van der Waals surface area contributed by atoms with Crippen molar-refractivity contribution in [3.05, 3.63) is 54.5 Å². The molecule has 1 aliphatic rings. The average molecular weight is 362 g/mol. The molecule has 0 amide bonds. The van der Waals surface area contributed by atoms with Gasteiger partial charge in [0.2, 0.25) is 5.88 Å². The van der Waals surface area contributed by atoms with Gasteiger partial charge in [-0.2, -0.15) is 4.98 Å². The minimum absolute atomic E-state index is 0.569. The minimum atomic E-state index is 0.569. The van der Waals surface area contributed by atoms with Crippen LogP contribution in [-0.2, 0) is 6.54 Å². The summed E-state index contributed by atoms with van der Waals surface area (Å²) in [6.07, 6.45) is 6.36. The number of hydrogen-bond donors (Lipinski definition) is 0. The molecule has 3 heterocycles. The lowest BCUT2D eigenvalue weighted by molar-refractivity contribution is 0.399. The van der Waals surface area contributed by atoms with Gasteiger partial charge in [-0.25, -0.2) is 9.97 Å². The van der Waals surface area contributed by atoms with Crippen LogP contribution in [0.1, 0.15) is 18.4 Å². The van der Waals surface area contributed by atoms with Gasteiger partial charge in [-0.1, -0.05) is 12.1 Å². The van der Waals surface area contributed by atoms with Gasteiger partial charge >= 0.3 is 0 Å². The molecular weight excluding hydrogens is 344 g/mol. The fourth-order valence-electron chi connectivity index (χ4n) is 3.10. The molecule has 0 unspecified atom stereocenters. The highest BCUT2D eigenvalue weighted by Gasteiger charge is 2.22. The Hall–Kier alpha value is -2.60. The maximum absolute atomic E-state index is 5.21. The van der Waals surface area contributed by atoms with Gasteiger partial charge < -0.3 is 9.30 Å². The molecule has 1 fully saturated rings. The van der Waals surface area contributed by atoms with Crippen molar-refractivity contribution in [3.63, 3.8) is 0 Å². The fourth-order valence-corrected chi connectivity index (χ4v) is 4.15. The summed E-state index contributed by atoms with van der Waals surface area (Å²) in [5.41, 5.74) is 3.87. The van der Waals surface area contributed by atoms with Crippen LogP contribution in [-0.4, -0.2) is 31.9 Å². The van der Waals surface area contributed by atoms with E-state index in [0.717, 1.165) is 28.2 Å². The van der Waals surface area contributed by atoms with E-state index in [9.17, 15) is 0 Å². The quantitative estimate of drug-likeness (QED) is 0.530. The number of benzene rings is 1. The lowest BCUT2D eigenvalue weighted by atomic mass is 10.2. The van der Waals surface area contributed by atoms with Crippen LogP contribution in [0.5, 0.6) is 5.88 Å². The molecule has 0 N–H and O–H groups in total. The van der Waals surface area contributed by atoms with Crippen molar-refractivity contribution < 1.29 is 4.74 Å². The zero-order valence-corrected chi connectivity index (χ0v) is 15.2. The van der Waals surface area contributed by atoms with Crippen molar-refractivity contribution in [2.45, 2.75) is 29.5 Å². The van der Waals surface area contributed by atoms with Crippen LogP contribution in [0, 0.1) is 0 Å². The number of methoxy groups -OCH3 is 1. The van der Waals surface area contributed by atoms with Gasteiger partial charge in [0.1, 0.15) is 5.52 Å². The lowest BCUT2D eigenvalue weighted by Crippen LogP contribution is -1.99. The molecule has 6 heteroatoms. The number of ether oxygens (including phenoxy) is 1. The van der Waals surface area contributed by atoms with Crippen molar-refractivity contribution in [2.24, 2.45) is 0 Å². The largest absolute Gasteiger partial charge is 0.481 e. The maximum atomic E-state index is 5.21. The van der Waals surface area contributed by atoms with Gasteiger partial charge in [-0.05, 0) is 36.6 Å². The van der Waals surface area contributed by atoms with Crippen LogP contribution in [0.25, 0.3) is 22.1 Å². The highest BCUT2D eigenvalue weighted by atomic mass is 32.2. The second-order valence-electron chi connectivity index (χ2n) is 6.55. The summed E-state index contributed by atoms with van der Waals surface area (Å²) in [6, 6.07) is 12.7. The predicted molar refractivity (Wildman–Crippen MR) is 104 cm³/mol. The standard InChI is InChI=1S/C20H18N4OS/c1-25-18-9-8-16-19-17(10-21-20(16)23-18)22-12-24(19)11-13-2-4-14(5-3-13)26-15-6-7-15/h2-5,8-10,12,15H,6-7,11H2,1H3. The van der Waals surface area contributed by atoms with E-state index in [1.54, 1.807) is 13.3 Å². The Kier molecular flexibility index (Phi) is 3.78. The summed E-state index contributed by atoms with van der Waals surface area (Å²) < 4.78 is 7.37. The number of thioether (sulfide) groups is 1. The Morgan fingerprint density at radius 2 is 1.96 bits per heavy atom. The first kappa shape index (κ1) is 15.6. The highest BCUT2D eigenvalue weighted by Crippen LogP contribution is 2.39. The summed E-state index contributed by atoms with van der Waals surface area (Å²) in [5.74, 6) is 0.569. The SMILES string of the molecule is COc1ccc2c(ncc3ncn(Cc4ccc(SC5CC5)cc4)c32)n1. The van der Waals surface area contributed by atoms with Gasteiger partial charge in [0, 0.05) is 28.1 Å². The first-order chi connectivity index (χ1) is 12.8. The Bertz CT molecular complexity index is 1090. The molecule has 1 aromatic carbocycles. The summed E-state index contributed by atoms with van der Waals surface area (Å²) in [5, 5.41) is 1.82. The Labute approximate surface area is 155 Å². The summed E-state index contributed by atoms with van der Waals surface area (Å²) in [4.78, 5) is 14.7. The van der Waals surface area contributed by atoms with E-state index in [2.05, 4.69) is 43.8 Å². The Balaban J connectivity index is 1.50. The number of pyridine rings is 2. The second-order valence-corrected chi connectivity index (χ2v) is 7.92. The molecule has 26 heavy (non-hydrogen) atoms. The van der Waals surface area contributed by atoms with Crippen LogP contribution >= 0.6 is 11.8 Å². The molecule has 0 atom stereocenters. The molecule has 1 aliphatic carbocycles. The number of imidazole rings is 1. The van der Waals surface area contributed by atoms with E-state index < -0.39 is 0 Å². The van der Waals surface area contributed by atoms with Gasteiger partial charge in [0.15, 0.2) is 5.65 Å². The molecule has 0 saturated heterocycles. The zero-order chi connectivity index (χ0) is 17.5. The van der Waals surface area contributed by atoms with Crippen LogP contribution in [0.4, 0.5) is 0 Å². The van der Waals surface area contributed by atoms with Crippen LogP contribution < -0.4 is 4.74 Å². The molecule has 0 spiro atoms.